The number of hydrogen-bond donors (Lipinski definition) is 0. The zero-order valence-corrected chi connectivity index (χ0v) is 14.5. The monoisotopic (exact) mass is 350 g/mol. The molecule has 7 heteroatoms. The standard InChI is InChI=1S/C16H22F3O3P/c1-4-9-15(10-5-2)13-8-7-12(16(17,18)19)11-14(13)22-23(15,20)21-6-3/h7-8,11H,4-6,9-10H2,1-3H3. The molecule has 2 rings (SSSR count). The predicted octanol–water partition coefficient (Wildman–Crippen LogP) is 6.12. The van der Waals surface area contributed by atoms with Gasteiger partial charge in [0.2, 0.25) is 0 Å². The first-order valence-electron chi connectivity index (χ1n) is 7.90. The molecule has 0 aromatic heterocycles. The van der Waals surface area contributed by atoms with E-state index >= 15 is 0 Å². The maximum absolute atomic E-state index is 13.3. The van der Waals surface area contributed by atoms with E-state index in [4.69, 9.17) is 9.05 Å². The van der Waals surface area contributed by atoms with E-state index < -0.39 is 24.5 Å². The fourth-order valence-electron chi connectivity index (χ4n) is 3.34. The lowest BCUT2D eigenvalue weighted by Gasteiger charge is -2.32. The van der Waals surface area contributed by atoms with Gasteiger partial charge >= 0.3 is 13.8 Å². The molecule has 0 spiro atoms. The van der Waals surface area contributed by atoms with Crippen LogP contribution in [0.25, 0.3) is 0 Å². The molecule has 1 heterocycles. The molecule has 130 valence electrons. The van der Waals surface area contributed by atoms with E-state index in [0.29, 0.717) is 18.4 Å². The summed E-state index contributed by atoms with van der Waals surface area (Å²) in [4.78, 5) is 0. The second-order valence-electron chi connectivity index (χ2n) is 5.75. The molecule has 23 heavy (non-hydrogen) atoms. The molecule has 0 saturated heterocycles. The van der Waals surface area contributed by atoms with Crippen LogP contribution in [-0.2, 0) is 20.4 Å². The van der Waals surface area contributed by atoms with Gasteiger partial charge in [-0.05, 0) is 31.9 Å². The van der Waals surface area contributed by atoms with E-state index in [0.717, 1.165) is 25.0 Å². The average Bonchev–Trinajstić information content (AvgIpc) is 2.68. The van der Waals surface area contributed by atoms with Crippen LogP contribution in [0.3, 0.4) is 0 Å². The van der Waals surface area contributed by atoms with E-state index in [1.54, 1.807) is 6.92 Å². The third-order valence-electron chi connectivity index (χ3n) is 4.18. The minimum atomic E-state index is -4.46. The van der Waals surface area contributed by atoms with Gasteiger partial charge in [-0.15, -0.1) is 0 Å². The molecular weight excluding hydrogens is 328 g/mol. The zero-order chi connectivity index (χ0) is 17.3. The lowest BCUT2D eigenvalue weighted by atomic mass is 9.88. The van der Waals surface area contributed by atoms with Crippen LogP contribution in [0.15, 0.2) is 18.2 Å². The van der Waals surface area contributed by atoms with Crippen LogP contribution in [0, 0.1) is 0 Å². The van der Waals surface area contributed by atoms with E-state index in [-0.39, 0.29) is 12.4 Å². The van der Waals surface area contributed by atoms with E-state index in [9.17, 15) is 17.7 Å². The molecule has 1 unspecified atom stereocenters. The lowest BCUT2D eigenvalue weighted by Crippen LogP contribution is -2.24. The van der Waals surface area contributed by atoms with Crippen molar-refractivity contribution in [1.29, 1.82) is 0 Å². The summed E-state index contributed by atoms with van der Waals surface area (Å²) >= 11 is 0. The predicted molar refractivity (Wildman–Crippen MR) is 82.8 cm³/mol. The van der Waals surface area contributed by atoms with Crippen molar-refractivity contribution in [3.63, 3.8) is 0 Å². The Morgan fingerprint density at radius 3 is 2.26 bits per heavy atom. The first kappa shape index (κ1) is 18.3. The summed E-state index contributed by atoms with van der Waals surface area (Å²) in [7, 11) is -3.57. The molecule has 3 nitrogen and oxygen atoms in total. The van der Waals surface area contributed by atoms with Crippen molar-refractivity contribution in [1.82, 2.24) is 0 Å². The zero-order valence-electron chi connectivity index (χ0n) is 13.6. The Balaban J connectivity index is 2.61. The number of benzene rings is 1. The van der Waals surface area contributed by atoms with E-state index in [1.165, 1.54) is 6.07 Å². The Kier molecular flexibility index (Phi) is 5.17. The van der Waals surface area contributed by atoms with Gasteiger partial charge in [-0.25, -0.2) is 4.57 Å². The van der Waals surface area contributed by atoms with Crippen LogP contribution >= 0.6 is 7.60 Å². The van der Waals surface area contributed by atoms with Crippen LogP contribution in [0.4, 0.5) is 13.2 Å². The molecule has 1 aliphatic rings. The quantitative estimate of drug-likeness (QED) is 0.580. The molecule has 1 aliphatic heterocycles. The first-order valence-corrected chi connectivity index (χ1v) is 9.44. The summed E-state index contributed by atoms with van der Waals surface area (Å²) in [6.45, 7) is 5.80. The second kappa shape index (κ2) is 6.48. The minimum Gasteiger partial charge on any atom is -0.423 e. The molecule has 0 N–H and O–H groups in total. The van der Waals surface area contributed by atoms with Crippen molar-refractivity contribution >= 4 is 7.60 Å². The van der Waals surface area contributed by atoms with Gasteiger partial charge in [0.1, 0.15) is 10.9 Å². The number of rotatable bonds is 6. The van der Waals surface area contributed by atoms with Gasteiger partial charge in [0.15, 0.2) is 0 Å². The van der Waals surface area contributed by atoms with Crippen molar-refractivity contribution in [2.24, 2.45) is 0 Å². The fraction of sp³-hybridized carbons (Fsp3) is 0.625. The fourth-order valence-corrected chi connectivity index (χ4v) is 6.04. The van der Waals surface area contributed by atoms with Crippen LogP contribution in [0.2, 0.25) is 0 Å². The summed E-state index contributed by atoms with van der Waals surface area (Å²) < 4.78 is 63.1. The van der Waals surface area contributed by atoms with Crippen molar-refractivity contribution in [2.75, 3.05) is 6.61 Å². The van der Waals surface area contributed by atoms with Gasteiger partial charge in [-0.3, -0.25) is 4.52 Å². The summed E-state index contributed by atoms with van der Waals surface area (Å²) in [5, 5.41) is -0.855. The van der Waals surface area contributed by atoms with Crippen molar-refractivity contribution in [3.05, 3.63) is 29.3 Å². The molecule has 1 aromatic carbocycles. The summed E-state index contributed by atoms with van der Waals surface area (Å²) in [6.07, 6.45) is -1.89. The van der Waals surface area contributed by atoms with Crippen LogP contribution in [0.1, 0.15) is 57.6 Å². The second-order valence-corrected chi connectivity index (χ2v) is 8.04. The molecule has 1 atom stereocenters. The van der Waals surface area contributed by atoms with Gasteiger partial charge in [-0.1, -0.05) is 32.8 Å². The summed E-state index contributed by atoms with van der Waals surface area (Å²) in [5.41, 5.74) is -0.228. The Bertz CT molecular complexity index is 607. The third kappa shape index (κ3) is 3.03. The molecule has 0 amide bonds. The van der Waals surface area contributed by atoms with Gasteiger partial charge in [0.25, 0.3) is 0 Å². The largest absolute Gasteiger partial charge is 0.423 e. The topological polar surface area (TPSA) is 35.5 Å². The molecule has 0 fully saturated rings. The number of halogens is 3. The van der Waals surface area contributed by atoms with Gasteiger partial charge in [0.05, 0.1) is 12.2 Å². The average molecular weight is 350 g/mol. The summed E-state index contributed by atoms with van der Waals surface area (Å²) in [5.74, 6) is 0.0403. The number of hydrogen-bond acceptors (Lipinski definition) is 3. The maximum Gasteiger partial charge on any atom is 0.416 e. The summed E-state index contributed by atoms with van der Waals surface area (Å²) in [6, 6.07) is 3.38. The Labute approximate surface area is 134 Å². The maximum atomic E-state index is 13.3. The SMILES string of the molecule is CCCC1(CCC)c2ccc(C(F)(F)F)cc2OP1(=O)OCC. The van der Waals surface area contributed by atoms with Crippen molar-refractivity contribution in [2.45, 2.75) is 57.8 Å². The van der Waals surface area contributed by atoms with E-state index in [1.807, 2.05) is 13.8 Å². The molecule has 0 bridgehead atoms. The van der Waals surface area contributed by atoms with Crippen molar-refractivity contribution in [3.8, 4) is 5.75 Å². The molecule has 1 aromatic rings. The first-order chi connectivity index (χ1) is 10.7. The lowest BCUT2D eigenvalue weighted by molar-refractivity contribution is -0.137. The van der Waals surface area contributed by atoms with Gasteiger partial charge < -0.3 is 4.52 Å². The van der Waals surface area contributed by atoms with Crippen LogP contribution < -0.4 is 4.52 Å². The van der Waals surface area contributed by atoms with Gasteiger partial charge in [-0.2, -0.15) is 13.2 Å². The van der Waals surface area contributed by atoms with Crippen molar-refractivity contribution < 1.29 is 26.8 Å². The van der Waals surface area contributed by atoms with E-state index in [2.05, 4.69) is 0 Å². The Morgan fingerprint density at radius 2 is 1.78 bits per heavy atom. The molecular formula is C16H22F3O3P. The normalized spacial score (nSPS) is 22.7. The number of fused-ring (bicyclic) bond motifs is 1. The van der Waals surface area contributed by atoms with Crippen LogP contribution in [-0.4, -0.2) is 6.61 Å². The highest BCUT2D eigenvalue weighted by Crippen LogP contribution is 2.74. The smallest absolute Gasteiger partial charge is 0.416 e. The van der Waals surface area contributed by atoms with Crippen LogP contribution in [0.5, 0.6) is 5.75 Å². The number of alkyl halides is 3. The highest BCUT2D eigenvalue weighted by molar-refractivity contribution is 7.56. The van der Waals surface area contributed by atoms with Gasteiger partial charge in [0, 0.05) is 5.56 Å². The molecule has 0 radical (unpaired) electrons. The Morgan fingerprint density at radius 1 is 1.17 bits per heavy atom. The molecule has 0 aliphatic carbocycles. The third-order valence-corrected chi connectivity index (χ3v) is 6.95. The minimum absolute atomic E-state index is 0.0403. The highest BCUT2D eigenvalue weighted by atomic mass is 31.2. The molecule has 0 saturated carbocycles. The highest BCUT2D eigenvalue weighted by Gasteiger charge is 2.58. The Hall–Kier alpha value is -1.00.